The van der Waals surface area contributed by atoms with Gasteiger partial charge in [-0.2, -0.15) is 0 Å². The second-order valence-electron chi connectivity index (χ2n) is 7.27. The summed E-state index contributed by atoms with van der Waals surface area (Å²) in [5.74, 6) is 1.02. The molecule has 138 valence electrons. The molecule has 2 saturated carbocycles. The van der Waals surface area contributed by atoms with Gasteiger partial charge in [-0.1, -0.05) is 18.6 Å². The molecule has 7 heteroatoms. The van der Waals surface area contributed by atoms with Gasteiger partial charge < -0.3 is 11.1 Å². The highest BCUT2D eigenvalue weighted by Gasteiger charge is 2.40. The first-order valence-electron chi connectivity index (χ1n) is 8.96. The van der Waals surface area contributed by atoms with E-state index in [1.54, 1.807) is 18.2 Å². The van der Waals surface area contributed by atoms with E-state index in [0.29, 0.717) is 18.4 Å². The molecule has 2 bridgehead atoms. The molecular weight excluding hydrogens is 338 g/mol. The Balaban J connectivity index is 1.60. The van der Waals surface area contributed by atoms with Gasteiger partial charge in [-0.05, 0) is 62.3 Å². The SMILES string of the molecule is CNS(=O)(=O)c1cccc(CNC(=O)C2CC3CCCC(C2)C3N)c1. The van der Waals surface area contributed by atoms with Crippen molar-refractivity contribution in [3.8, 4) is 0 Å². The Morgan fingerprint density at radius 3 is 2.56 bits per heavy atom. The molecule has 1 amide bonds. The molecule has 2 aliphatic rings. The molecule has 1 aromatic carbocycles. The first kappa shape index (κ1) is 18.4. The van der Waals surface area contributed by atoms with Crippen molar-refractivity contribution in [2.24, 2.45) is 23.5 Å². The molecule has 2 atom stereocenters. The predicted molar refractivity (Wildman–Crippen MR) is 96.1 cm³/mol. The molecule has 2 fully saturated rings. The zero-order valence-electron chi connectivity index (χ0n) is 14.6. The van der Waals surface area contributed by atoms with Crippen molar-refractivity contribution in [1.82, 2.24) is 10.0 Å². The molecule has 3 rings (SSSR count). The minimum atomic E-state index is -3.47. The van der Waals surface area contributed by atoms with Crippen LogP contribution in [0.4, 0.5) is 0 Å². The van der Waals surface area contributed by atoms with Gasteiger partial charge in [-0.25, -0.2) is 13.1 Å². The predicted octanol–water partition coefficient (Wildman–Crippen LogP) is 1.36. The van der Waals surface area contributed by atoms with E-state index in [2.05, 4.69) is 10.0 Å². The highest BCUT2D eigenvalue weighted by atomic mass is 32.2. The van der Waals surface area contributed by atoms with Gasteiger partial charge in [0.15, 0.2) is 0 Å². The van der Waals surface area contributed by atoms with Gasteiger partial charge in [0.2, 0.25) is 15.9 Å². The van der Waals surface area contributed by atoms with Gasteiger partial charge in [0.05, 0.1) is 4.90 Å². The Bertz CT molecular complexity index is 721. The van der Waals surface area contributed by atoms with E-state index in [9.17, 15) is 13.2 Å². The van der Waals surface area contributed by atoms with E-state index < -0.39 is 10.0 Å². The molecule has 0 saturated heterocycles. The summed E-state index contributed by atoms with van der Waals surface area (Å²) in [5, 5.41) is 2.97. The molecule has 2 aliphatic carbocycles. The van der Waals surface area contributed by atoms with E-state index in [4.69, 9.17) is 5.73 Å². The van der Waals surface area contributed by atoms with Crippen LogP contribution < -0.4 is 15.8 Å². The molecule has 0 spiro atoms. The number of fused-ring (bicyclic) bond motifs is 2. The second-order valence-corrected chi connectivity index (χ2v) is 9.16. The molecule has 0 aromatic heterocycles. The number of carbonyl (C=O) groups excluding carboxylic acids is 1. The number of nitrogens with one attached hydrogen (secondary N) is 2. The standard InChI is InChI=1S/C18H27N3O3S/c1-20-25(23,24)16-7-2-4-12(8-16)11-21-18(22)15-9-13-5-3-6-14(10-15)17(13)19/h2,4,7-8,13-15,17,20H,3,5-6,9-11,19H2,1H3,(H,21,22). The van der Waals surface area contributed by atoms with Crippen molar-refractivity contribution in [2.45, 2.75) is 49.6 Å². The minimum Gasteiger partial charge on any atom is -0.352 e. The average molecular weight is 365 g/mol. The number of nitrogens with two attached hydrogens (primary N) is 1. The van der Waals surface area contributed by atoms with Crippen LogP contribution in [0.2, 0.25) is 0 Å². The fraction of sp³-hybridized carbons (Fsp3) is 0.611. The third kappa shape index (κ3) is 4.04. The molecule has 0 aliphatic heterocycles. The van der Waals surface area contributed by atoms with E-state index >= 15 is 0 Å². The van der Waals surface area contributed by atoms with Crippen LogP contribution in [0.25, 0.3) is 0 Å². The summed E-state index contributed by atoms with van der Waals surface area (Å²) in [6.45, 7) is 0.337. The summed E-state index contributed by atoms with van der Waals surface area (Å²) < 4.78 is 26.0. The number of sulfonamides is 1. The summed E-state index contributed by atoms with van der Waals surface area (Å²) >= 11 is 0. The summed E-state index contributed by atoms with van der Waals surface area (Å²) in [6, 6.07) is 6.90. The van der Waals surface area contributed by atoms with Crippen molar-refractivity contribution >= 4 is 15.9 Å². The molecular formula is C18H27N3O3S. The monoisotopic (exact) mass is 365 g/mol. The number of benzene rings is 1. The van der Waals surface area contributed by atoms with Gasteiger partial charge in [0, 0.05) is 18.5 Å². The first-order valence-corrected chi connectivity index (χ1v) is 10.4. The Morgan fingerprint density at radius 2 is 1.92 bits per heavy atom. The van der Waals surface area contributed by atoms with Crippen molar-refractivity contribution in [2.75, 3.05) is 7.05 Å². The van der Waals surface area contributed by atoms with Gasteiger partial charge >= 0.3 is 0 Å². The van der Waals surface area contributed by atoms with Crippen molar-refractivity contribution in [1.29, 1.82) is 0 Å². The lowest BCUT2D eigenvalue weighted by Crippen LogP contribution is -2.49. The maximum absolute atomic E-state index is 12.6. The van der Waals surface area contributed by atoms with Crippen molar-refractivity contribution in [3.05, 3.63) is 29.8 Å². The smallest absolute Gasteiger partial charge is 0.240 e. The maximum Gasteiger partial charge on any atom is 0.240 e. The number of hydrogen-bond acceptors (Lipinski definition) is 4. The molecule has 6 nitrogen and oxygen atoms in total. The lowest BCUT2D eigenvalue weighted by molar-refractivity contribution is -0.128. The van der Waals surface area contributed by atoms with Gasteiger partial charge in [-0.3, -0.25) is 4.79 Å². The molecule has 2 unspecified atom stereocenters. The normalized spacial score (nSPS) is 29.2. The van der Waals surface area contributed by atoms with Gasteiger partial charge in [0.1, 0.15) is 0 Å². The molecule has 1 aromatic rings. The van der Waals surface area contributed by atoms with E-state index in [1.165, 1.54) is 13.5 Å². The van der Waals surface area contributed by atoms with Crippen LogP contribution >= 0.6 is 0 Å². The quantitative estimate of drug-likeness (QED) is 0.733. The Hall–Kier alpha value is -1.44. The third-order valence-corrected chi connectivity index (χ3v) is 7.14. The summed E-state index contributed by atoms with van der Waals surface area (Å²) in [5.41, 5.74) is 7.06. The number of carbonyl (C=O) groups is 1. The lowest BCUT2D eigenvalue weighted by Gasteiger charge is -2.43. The highest BCUT2D eigenvalue weighted by molar-refractivity contribution is 7.89. The summed E-state index contributed by atoms with van der Waals surface area (Å²) in [6.07, 6.45) is 5.23. The van der Waals surface area contributed by atoms with Crippen LogP contribution in [0.3, 0.4) is 0 Å². The highest BCUT2D eigenvalue weighted by Crippen LogP contribution is 2.41. The number of amides is 1. The van der Waals surface area contributed by atoms with Crippen molar-refractivity contribution in [3.63, 3.8) is 0 Å². The number of rotatable bonds is 5. The molecule has 25 heavy (non-hydrogen) atoms. The first-order chi connectivity index (χ1) is 11.9. The topological polar surface area (TPSA) is 101 Å². The second kappa shape index (κ2) is 7.43. The van der Waals surface area contributed by atoms with E-state index in [0.717, 1.165) is 31.2 Å². The van der Waals surface area contributed by atoms with E-state index in [1.807, 2.05) is 6.07 Å². The van der Waals surface area contributed by atoms with E-state index in [-0.39, 0.29) is 22.8 Å². The molecule has 0 radical (unpaired) electrons. The van der Waals surface area contributed by atoms with Crippen LogP contribution in [0.15, 0.2) is 29.2 Å². The van der Waals surface area contributed by atoms with Crippen LogP contribution in [0, 0.1) is 17.8 Å². The third-order valence-electron chi connectivity index (χ3n) is 5.73. The molecule has 0 heterocycles. The Kier molecular flexibility index (Phi) is 5.46. The van der Waals surface area contributed by atoms with Crippen LogP contribution in [-0.2, 0) is 21.4 Å². The summed E-state index contributed by atoms with van der Waals surface area (Å²) in [7, 11) is -2.09. The molecule has 4 N–H and O–H groups in total. The number of hydrogen-bond donors (Lipinski definition) is 3. The maximum atomic E-state index is 12.6. The van der Waals surface area contributed by atoms with Crippen molar-refractivity contribution < 1.29 is 13.2 Å². The van der Waals surface area contributed by atoms with Crippen LogP contribution in [0.5, 0.6) is 0 Å². The zero-order chi connectivity index (χ0) is 18.0. The summed E-state index contributed by atoms with van der Waals surface area (Å²) in [4.78, 5) is 12.8. The average Bonchev–Trinajstić information content (AvgIpc) is 2.59. The fourth-order valence-electron chi connectivity index (χ4n) is 4.28. The van der Waals surface area contributed by atoms with Gasteiger partial charge in [0.25, 0.3) is 0 Å². The zero-order valence-corrected chi connectivity index (χ0v) is 15.4. The minimum absolute atomic E-state index is 0.0272. The van der Waals surface area contributed by atoms with Crippen LogP contribution in [-0.4, -0.2) is 27.4 Å². The van der Waals surface area contributed by atoms with Gasteiger partial charge in [-0.15, -0.1) is 0 Å². The van der Waals surface area contributed by atoms with Crippen LogP contribution in [0.1, 0.15) is 37.7 Å². The fourth-order valence-corrected chi connectivity index (χ4v) is 5.08. The largest absolute Gasteiger partial charge is 0.352 e. The Morgan fingerprint density at radius 1 is 1.24 bits per heavy atom. The lowest BCUT2D eigenvalue weighted by atomic mass is 9.65. The Labute approximate surface area is 149 Å².